The molecule has 0 aliphatic rings. The summed E-state index contributed by atoms with van der Waals surface area (Å²) in [5.41, 5.74) is 0.0171. The van der Waals surface area contributed by atoms with Crippen LogP contribution in [-0.2, 0) is 13.9 Å². The van der Waals surface area contributed by atoms with Gasteiger partial charge in [-0.3, -0.25) is 9.36 Å². The molecule has 0 saturated carbocycles. The number of alkyl halides is 3. The first kappa shape index (κ1) is 22.0. The summed E-state index contributed by atoms with van der Waals surface area (Å²) in [6.07, 6.45) is -2.17. The lowest BCUT2D eigenvalue weighted by Gasteiger charge is -2.07. The van der Waals surface area contributed by atoms with Gasteiger partial charge in [-0.25, -0.2) is 0 Å². The molecule has 144 valence electrons. The number of ether oxygens (including phenoxy) is 1. The molecule has 1 aromatic rings. The van der Waals surface area contributed by atoms with Gasteiger partial charge in [0.25, 0.3) is 5.78 Å². The van der Waals surface area contributed by atoms with E-state index in [0.29, 0.717) is 5.75 Å². The van der Waals surface area contributed by atoms with Gasteiger partial charge in [0, 0.05) is 11.6 Å². The minimum absolute atomic E-state index is 0.0171. The maximum absolute atomic E-state index is 12.1. The van der Waals surface area contributed by atoms with Crippen LogP contribution in [0.5, 0.6) is 5.75 Å². The largest absolute Gasteiger partial charge is 0.507 e. The summed E-state index contributed by atoms with van der Waals surface area (Å²) < 4.78 is 57.8. The number of carbonyl (C=O) groups excluding carboxylic acids is 1. The molecule has 0 aliphatic heterocycles. The van der Waals surface area contributed by atoms with Crippen molar-refractivity contribution in [2.45, 2.75) is 13.1 Å². The Hall–Kier alpha value is -2.09. The van der Waals surface area contributed by atoms with Gasteiger partial charge in [0.05, 0.1) is 12.8 Å². The third-order valence-corrected chi connectivity index (χ3v) is 4.21. The lowest BCUT2D eigenvalue weighted by Crippen LogP contribution is -2.20. The monoisotopic (exact) mass is 394 g/mol. The number of aliphatic hydroxyl groups excluding tert-OH is 1. The molecule has 6 nitrogen and oxygen atoms in total. The van der Waals surface area contributed by atoms with E-state index in [4.69, 9.17) is 4.74 Å². The van der Waals surface area contributed by atoms with E-state index in [1.54, 1.807) is 6.92 Å². The first-order chi connectivity index (χ1) is 12.0. The Labute approximate surface area is 148 Å². The molecule has 1 atom stereocenters. The highest BCUT2D eigenvalue weighted by molar-refractivity contribution is 7.53. The van der Waals surface area contributed by atoms with Crippen LogP contribution in [0, 0.1) is 0 Å². The van der Waals surface area contributed by atoms with E-state index in [9.17, 15) is 32.5 Å². The van der Waals surface area contributed by atoms with Crippen LogP contribution in [0.2, 0.25) is 0 Å². The predicted octanol–water partition coefficient (Wildman–Crippen LogP) is 3.87. The van der Waals surface area contributed by atoms with E-state index in [-0.39, 0.29) is 31.0 Å². The number of allylic oxidation sites excluding steroid dienone is 2. The molecule has 0 saturated heterocycles. The first-order valence-corrected chi connectivity index (χ1v) is 9.18. The van der Waals surface area contributed by atoms with E-state index in [1.807, 2.05) is 0 Å². The average Bonchev–Trinajstić information content (AvgIpc) is 2.54. The summed E-state index contributed by atoms with van der Waals surface area (Å²) in [5.74, 6) is -2.62. The van der Waals surface area contributed by atoms with Gasteiger partial charge in [0.2, 0.25) is 0 Å². The molecule has 0 aliphatic carbocycles. The van der Waals surface area contributed by atoms with E-state index in [1.165, 1.54) is 36.4 Å². The molecule has 1 unspecified atom stereocenters. The summed E-state index contributed by atoms with van der Waals surface area (Å²) in [4.78, 5) is 20.1. The van der Waals surface area contributed by atoms with Crippen LogP contribution >= 0.6 is 7.60 Å². The van der Waals surface area contributed by atoms with Gasteiger partial charge in [-0.15, -0.1) is 0 Å². The number of hydrogen-bond acceptors (Lipinski definition) is 5. The molecule has 2 N–H and O–H groups in total. The number of aliphatic hydroxyl groups is 1. The SMILES string of the molecule is CCOP(=O)(O)C/C=C/COc1ccc(C(O)=CC(=O)C(F)(F)F)cc1. The van der Waals surface area contributed by atoms with Crippen molar-refractivity contribution in [1.82, 2.24) is 0 Å². The Morgan fingerprint density at radius 3 is 2.38 bits per heavy atom. The van der Waals surface area contributed by atoms with Crippen molar-refractivity contribution in [2.24, 2.45) is 0 Å². The molecule has 1 rings (SSSR count). The number of hydrogen-bond donors (Lipinski definition) is 2. The van der Waals surface area contributed by atoms with Gasteiger partial charge < -0.3 is 19.3 Å². The fourth-order valence-electron chi connectivity index (χ4n) is 1.69. The molecule has 0 radical (unpaired) electrons. The fourth-order valence-corrected chi connectivity index (χ4v) is 2.61. The van der Waals surface area contributed by atoms with Gasteiger partial charge in [0.1, 0.15) is 18.1 Å². The zero-order valence-corrected chi connectivity index (χ0v) is 14.7. The quantitative estimate of drug-likeness (QED) is 0.286. The number of halogens is 3. The van der Waals surface area contributed by atoms with Crippen LogP contribution in [-0.4, -0.2) is 41.3 Å². The van der Waals surface area contributed by atoms with Crippen LogP contribution in [0.3, 0.4) is 0 Å². The maximum atomic E-state index is 12.1. The minimum Gasteiger partial charge on any atom is -0.507 e. The molecule has 1 aromatic carbocycles. The zero-order valence-electron chi connectivity index (χ0n) is 13.8. The third kappa shape index (κ3) is 7.86. The minimum atomic E-state index is -5.05. The zero-order chi connectivity index (χ0) is 19.8. The Balaban J connectivity index is 2.57. The van der Waals surface area contributed by atoms with Crippen molar-refractivity contribution in [3.05, 3.63) is 48.1 Å². The fraction of sp³-hybridized carbons (Fsp3) is 0.312. The molecule has 10 heteroatoms. The molecule has 0 aromatic heterocycles. The van der Waals surface area contributed by atoms with Crippen molar-refractivity contribution in [2.75, 3.05) is 19.4 Å². The number of ketones is 1. The number of rotatable bonds is 9. The third-order valence-electron chi connectivity index (χ3n) is 2.88. The molecular weight excluding hydrogens is 376 g/mol. The molecular formula is C16H18F3O6P. The van der Waals surface area contributed by atoms with Crippen molar-refractivity contribution in [3.8, 4) is 5.75 Å². The standard InChI is InChI=1S/C16H18F3O6P/c1-2-25-26(22,23)10-4-3-9-24-13-7-5-12(6-8-13)14(20)11-15(21)16(17,18)19/h3-8,11,20H,2,9-10H2,1H3,(H,22,23)/b4-3+,14-11?. The summed E-state index contributed by atoms with van der Waals surface area (Å²) >= 11 is 0. The second-order valence-electron chi connectivity index (χ2n) is 4.94. The van der Waals surface area contributed by atoms with Gasteiger partial charge in [-0.05, 0) is 31.2 Å². The first-order valence-electron chi connectivity index (χ1n) is 7.41. The van der Waals surface area contributed by atoms with Gasteiger partial charge in [-0.2, -0.15) is 13.2 Å². The van der Waals surface area contributed by atoms with Gasteiger partial charge in [-0.1, -0.05) is 12.2 Å². The highest BCUT2D eigenvalue weighted by Crippen LogP contribution is 2.41. The summed E-state index contributed by atoms with van der Waals surface area (Å²) in [7, 11) is -3.63. The average molecular weight is 394 g/mol. The predicted molar refractivity (Wildman–Crippen MR) is 89.1 cm³/mol. The van der Waals surface area contributed by atoms with E-state index < -0.39 is 25.3 Å². The molecule has 0 spiro atoms. The van der Waals surface area contributed by atoms with Crippen LogP contribution in [0.1, 0.15) is 12.5 Å². The number of carbonyl (C=O) groups is 1. The maximum Gasteiger partial charge on any atom is 0.454 e. The Kier molecular flexibility index (Phi) is 8.08. The van der Waals surface area contributed by atoms with Crippen molar-refractivity contribution >= 4 is 19.1 Å². The lowest BCUT2D eigenvalue weighted by atomic mass is 10.1. The van der Waals surface area contributed by atoms with Gasteiger partial charge in [0.15, 0.2) is 0 Å². The van der Waals surface area contributed by atoms with Crippen LogP contribution < -0.4 is 4.74 Å². The Morgan fingerprint density at radius 2 is 1.85 bits per heavy atom. The molecule has 26 heavy (non-hydrogen) atoms. The van der Waals surface area contributed by atoms with E-state index >= 15 is 0 Å². The molecule has 0 heterocycles. The highest BCUT2D eigenvalue weighted by Gasteiger charge is 2.37. The summed E-state index contributed by atoms with van der Waals surface area (Å²) in [6, 6.07) is 5.35. The van der Waals surface area contributed by atoms with Crippen molar-refractivity contribution < 1.29 is 41.8 Å². The highest BCUT2D eigenvalue weighted by atomic mass is 31.2. The molecule has 0 fully saturated rings. The van der Waals surface area contributed by atoms with E-state index in [0.717, 1.165) is 0 Å². The number of benzene rings is 1. The van der Waals surface area contributed by atoms with Crippen LogP contribution in [0.4, 0.5) is 13.2 Å². The van der Waals surface area contributed by atoms with Crippen molar-refractivity contribution in [1.29, 1.82) is 0 Å². The Bertz CT molecular complexity index is 710. The van der Waals surface area contributed by atoms with Crippen molar-refractivity contribution in [3.63, 3.8) is 0 Å². The normalized spacial score (nSPS) is 15.0. The molecule has 0 bridgehead atoms. The second-order valence-corrected chi connectivity index (χ2v) is 6.83. The summed E-state index contributed by atoms with van der Waals surface area (Å²) in [6.45, 7) is 1.81. The topological polar surface area (TPSA) is 93.1 Å². The van der Waals surface area contributed by atoms with E-state index in [2.05, 4.69) is 4.52 Å². The molecule has 0 amide bonds. The Morgan fingerprint density at radius 1 is 1.23 bits per heavy atom. The summed E-state index contributed by atoms with van der Waals surface area (Å²) in [5, 5.41) is 9.54. The lowest BCUT2D eigenvalue weighted by molar-refractivity contribution is -0.165. The van der Waals surface area contributed by atoms with Crippen LogP contribution in [0.25, 0.3) is 5.76 Å². The smallest absolute Gasteiger partial charge is 0.454 e. The van der Waals surface area contributed by atoms with Crippen LogP contribution in [0.15, 0.2) is 42.5 Å². The van der Waals surface area contributed by atoms with Gasteiger partial charge >= 0.3 is 13.8 Å². The second kappa shape index (κ2) is 9.56.